The summed E-state index contributed by atoms with van der Waals surface area (Å²) in [7, 11) is 0. The molecular formula is C17H21NO5. The van der Waals surface area contributed by atoms with Crippen molar-refractivity contribution in [3.63, 3.8) is 0 Å². The fourth-order valence-electron chi connectivity index (χ4n) is 3.07. The van der Waals surface area contributed by atoms with E-state index in [1.165, 1.54) is 0 Å². The molecule has 1 aromatic rings. The summed E-state index contributed by atoms with van der Waals surface area (Å²) in [6.07, 6.45) is -1.53. The normalized spacial score (nSPS) is 35.0. The number of benzene rings is 1. The molecule has 23 heavy (non-hydrogen) atoms. The second-order valence-electron chi connectivity index (χ2n) is 6.34. The van der Waals surface area contributed by atoms with Gasteiger partial charge in [0, 0.05) is 0 Å². The van der Waals surface area contributed by atoms with Crippen LogP contribution in [0.2, 0.25) is 0 Å². The molecule has 0 spiro atoms. The van der Waals surface area contributed by atoms with E-state index in [0.717, 1.165) is 5.56 Å². The van der Waals surface area contributed by atoms with Crippen molar-refractivity contribution in [2.75, 3.05) is 13.2 Å². The first kappa shape index (κ1) is 16.4. The maximum Gasteiger partial charge on any atom is 0.206 e. The maximum atomic E-state index is 9.63. The molecule has 2 fully saturated rings. The lowest BCUT2D eigenvalue weighted by Crippen LogP contribution is -2.45. The van der Waals surface area contributed by atoms with E-state index in [2.05, 4.69) is 0 Å². The number of ether oxygens (including phenoxy) is 4. The third-order valence-corrected chi connectivity index (χ3v) is 4.13. The number of nitriles is 1. The van der Waals surface area contributed by atoms with Gasteiger partial charge in [0.1, 0.15) is 24.4 Å². The molecule has 2 aliphatic rings. The molecule has 6 heteroatoms. The molecule has 0 amide bonds. The molecule has 124 valence electrons. The van der Waals surface area contributed by atoms with Crippen LogP contribution in [0.3, 0.4) is 0 Å². The number of aliphatic hydroxyl groups excluding tert-OH is 1. The molecule has 0 saturated carbocycles. The zero-order valence-electron chi connectivity index (χ0n) is 13.3. The second-order valence-corrected chi connectivity index (χ2v) is 6.34. The predicted molar refractivity (Wildman–Crippen MR) is 80.2 cm³/mol. The van der Waals surface area contributed by atoms with E-state index in [1.54, 1.807) is 13.8 Å². The van der Waals surface area contributed by atoms with Crippen molar-refractivity contribution in [3.8, 4) is 6.07 Å². The molecule has 1 aromatic carbocycles. The average molecular weight is 319 g/mol. The highest BCUT2D eigenvalue weighted by molar-refractivity contribution is 5.18. The van der Waals surface area contributed by atoms with Crippen molar-refractivity contribution >= 4 is 0 Å². The van der Waals surface area contributed by atoms with Crippen LogP contribution in [0.25, 0.3) is 0 Å². The van der Waals surface area contributed by atoms with Gasteiger partial charge in [-0.15, -0.1) is 0 Å². The largest absolute Gasteiger partial charge is 0.392 e. The van der Waals surface area contributed by atoms with Crippen LogP contribution >= 0.6 is 0 Å². The number of aliphatic hydroxyl groups is 1. The predicted octanol–water partition coefficient (Wildman–Crippen LogP) is 1.38. The van der Waals surface area contributed by atoms with Crippen molar-refractivity contribution < 1.29 is 24.1 Å². The topological polar surface area (TPSA) is 80.9 Å². The standard InChI is InChI=1S/C17H21NO5/c1-16(2)22-14-13(9-20-8-12-6-4-3-5-7-12)21-17(10-18,11-19)15(14)23-16/h3-7,13-15,19H,8-9,11H2,1-2H3/t13-,14-,15-,17-/m1/s1. The quantitative estimate of drug-likeness (QED) is 0.883. The number of hydrogen-bond donors (Lipinski definition) is 1. The Morgan fingerprint density at radius 1 is 1.22 bits per heavy atom. The third-order valence-electron chi connectivity index (χ3n) is 4.13. The molecule has 0 aromatic heterocycles. The van der Waals surface area contributed by atoms with Crippen molar-refractivity contribution in [2.45, 2.75) is 50.2 Å². The van der Waals surface area contributed by atoms with Gasteiger partial charge >= 0.3 is 0 Å². The van der Waals surface area contributed by atoms with Crippen LogP contribution in [0, 0.1) is 11.3 Å². The molecule has 6 nitrogen and oxygen atoms in total. The zero-order chi connectivity index (χ0) is 16.5. The van der Waals surface area contributed by atoms with Crippen LogP contribution in [0.15, 0.2) is 30.3 Å². The van der Waals surface area contributed by atoms with Crippen molar-refractivity contribution in [1.29, 1.82) is 5.26 Å². The summed E-state index contributed by atoms with van der Waals surface area (Å²) < 4.78 is 23.1. The van der Waals surface area contributed by atoms with E-state index in [-0.39, 0.29) is 6.61 Å². The Labute approximate surface area is 135 Å². The van der Waals surface area contributed by atoms with E-state index in [9.17, 15) is 10.4 Å². The molecular weight excluding hydrogens is 298 g/mol. The average Bonchev–Trinajstić information content (AvgIpc) is 3.01. The minimum absolute atomic E-state index is 0.263. The number of rotatable bonds is 5. The van der Waals surface area contributed by atoms with Crippen molar-refractivity contribution in [1.82, 2.24) is 0 Å². The summed E-state index contributed by atoms with van der Waals surface area (Å²) in [6.45, 7) is 3.83. The Kier molecular flexibility index (Phi) is 4.41. The van der Waals surface area contributed by atoms with Crippen LogP contribution in [-0.2, 0) is 25.6 Å². The van der Waals surface area contributed by atoms with Crippen LogP contribution < -0.4 is 0 Å². The van der Waals surface area contributed by atoms with Gasteiger partial charge in [0.05, 0.1) is 19.8 Å². The fourth-order valence-corrected chi connectivity index (χ4v) is 3.07. The summed E-state index contributed by atoms with van der Waals surface area (Å²) in [5.41, 5.74) is -0.348. The monoisotopic (exact) mass is 319 g/mol. The van der Waals surface area contributed by atoms with Gasteiger partial charge in [-0.2, -0.15) is 5.26 Å². The number of nitrogens with zero attached hydrogens (tertiary/aromatic N) is 1. The van der Waals surface area contributed by atoms with Gasteiger partial charge < -0.3 is 24.1 Å². The Bertz CT molecular complexity index is 584. The molecule has 2 saturated heterocycles. The SMILES string of the molecule is CC1(C)O[C@H]2[C@@H](O1)[C@@](C#N)(CO)O[C@@H]2COCc1ccccc1. The van der Waals surface area contributed by atoms with E-state index in [0.29, 0.717) is 6.61 Å². The van der Waals surface area contributed by atoms with Crippen LogP contribution in [-0.4, -0.2) is 48.0 Å². The molecule has 0 bridgehead atoms. The molecule has 2 aliphatic heterocycles. The summed E-state index contributed by atoms with van der Waals surface area (Å²) >= 11 is 0. The summed E-state index contributed by atoms with van der Waals surface area (Å²) in [5.74, 6) is -0.811. The lowest BCUT2D eigenvalue weighted by Gasteiger charge is -2.27. The van der Waals surface area contributed by atoms with Crippen molar-refractivity contribution in [2.24, 2.45) is 0 Å². The molecule has 4 atom stereocenters. The van der Waals surface area contributed by atoms with E-state index in [4.69, 9.17) is 18.9 Å². The van der Waals surface area contributed by atoms with Gasteiger partial charge in [-0.1, -0.05) is 30.3 Å². The first-order valence-electron chi connectivity index (χ1n) is 7.67. The second kappa shape index (κ2) is 6.19. The minimum Gasteiger partial charge on any atom is -0.392 e. The van der Waals surface area contributed by atoms with Gasteiger partial charge in [-0.3, -0.25) is 0 Å². The smallest absolute Gasteiger partial charge is 0.206 e. The summed E-state index contributed by atoms with van der Waals surface area (Å²) in [4.78, 5) is 0. The van der Waals surface area contributed by atoms with E-state index >= 15 is 0 Å². The Morgan fingerprint density at radius 2 is 1.96 bits per heavy atom. The van der Waals surface area contributed by atoms with Gasteiger partial charge in [0.2, 0.25) is 5.60 Å². The molecule has 1 N–H and O–H groups in total. The first-order chi connectivity index (χ1) is 11.0. The third kappa shape index (κ3) is 3.11. The van der Waals surface area contributed by atoms with Gasteiger partial charge in [-0.25, -0.2) is 0 Å². The van der Waals surface area contributed by atoms with Crippen LogP contribution in [0.4, 0.5) is 0 Å². The number of hydrogen-bond acceptors (Lipinski definition) is 6. The molecule has 3 rings (SSSR count). The molecule has 0 radical (unpaired) electrons. The van der Waals surface area contributed by atoms with Crippen LogP contribution in [0.1, 0.15) is 19.4 Å². The highest BCUT2D eigenvalue weighted by Crippen LogP contribution is 2.43. The zero-order valence-corrected chi connectivity index (χ0v) is 13.3. The minimum atomic E-state index is -1.40. The number of fused-ring (bicyclic) bond motifs is 1. The Hall–Kier alpha value is -1.49. The molecule has 0 aliphatic carbocycles. The molecule has 0 unspecified atom stereocenters. The Balaban J connectivity index is 1.67. The van der Waals surface area contributed by atoms with Crippen molar-refractivity contribution in [3.05, 3.63) is 35.9 Å². The molecule has 2 heterocycles. The lowest BCUT2D eigenvalue weighted by atomic mass is 9.97. The van der Waals surface area contributed by atoms with E-state index < -0.39 is 36.3 Å². The van der Waals surface area contributed by atoms with Gasteiger partial charge in [0.15, 0.2) is 5.79 Å². The summed E-state index contributed by atoms with van der Waals surface area (Å²) in [6, 6.07) is 11.8. The summed E-state index contributed by atoms with van der Waals surface area (Å²) in [5, 5.41) is 19.1. The maximum absolute atomic E-state index is 9.63. The highest BCUT2D eigenvalue weighted by Gasteiger charge is 2.63. The van der Waals surface area contributed by atoms with Gasteiger partial charge in [0.25, 0.3) is 0 Å². The van der Waals surface area contributed by atoms with Crippen LogP contribution in [0.5, 0.6) is 0 Å². The highest BCUT2D eigenvalue weighted by atomic mass is 16.8. The first-order valence-corrected chi connectivity index (χ1v) is 7.67. The Morgan fingerprint density at radius 3 is 2.61 bits per heavy atom. The van der Waals surface area contributed by atoms with Gasteiger partial charge in [-0.05, 0) is 19.4 Å². The lowest BCUT2D eigenvalue weighted by molar-refractivity contribution is -0.209. The van der Waals surface area contributed by atoms with E-state index in [1.807, 2.05) is 36.4 Å². The fraction of sp³-hybridized carbons (Fsp3) is 0.588.